The summed E-state index contributed by atoms with van der Waals surface area (Å²) in [5.41, 5.74) is 5.32. The molecule has 0 unspecified atom stereocenters. The molecule has 6 heteroatoms. The van der Waals surface area contributed by atoms with Gasteiger partial charge >= 0.3 is 0 Å². The van der Waals surface area contributed by atoms with E-state index in [-0.39, 0.29) is 23.5 Å². The summed E-state index contributed by atoms with van der Waals surface area (Å²) in [6, 6.07) is 3.96. The lowest BCUT2D eigenvalue weighted by molar-refractivity contribution is -0.384. The normalized spacial score (nSPS) is 23.6. The molecule has 0 spiro atoms. The highest BCUT2D eigenvalue weighted by molar-refractivity contribution is 5.62. The minimum Gasteiger partial charge on any atom is -0.374 e. The Bertz CT molecular complexity index is 419. The van der Waals surface area contributed by atoms with Crippen molar-refractivity contribution in [2.45, 2.75) is 24.9 Å². The van der Waals surface area contributed by atoms with E-state index in [1.165, 1.54) is 18.2 Å². The van der Waals surface area contributed by atoms with Gasteiger partial charge in [0.25, 0.3) is 5.69 Å². The molecule has 16 heavy (non-hydrogen) atoms. The van der Waals surface area contributed by atoms with Crippen molar-refractivity contribution in [3.8, 4) is 0 Å². The second-order valence-electron chi connectivity index (χ2n) is 3.96. The Morgan fingerprint density at radius 1 is 1.50 bits per heavy atom. The minimum absolute atomic E-state index is 0.0330. The molecular weight excluding hydrogens is 213 g/mol. The largest absolute Gasteiger partial charge is 0.374 e. The molecule has 1 aromatic carbocycles. The van der Waals surface area contributed by atoms with Crippen LogP contribution in [0.15, 0.2) is 18.2 Å². The van der Waals surface area contributed by atoms with Gasteiger partial charge < -0.3 is 11.1 Å². The molecule has 2 rings (SSSR count). The lowest BCUT2D eigenvalue weighted by atomic mass is 9.87. The fourth-order valence-electron chi connectivity index (χ4n) is 1.79. The van der Waals surface area contributed by atoms with Gasteiger partial charge in [0, 0.05) is 18.2 Å². The van der Waals surface area contributed by atoms with Crippen LogP contribution in [0.2, 0.25) is 0 Å². The van der Waals surface area contributed by atoms with Crippen molar-refractivity contribution in [2.75, 3.05) is 5.32 Å². The van der Waals surface area contributed by atoms with Crippen LogP contribution in [0.25, 0.3) is 0 Å². The van der Waals surface area contributed by atoms with Gasteiger partial charge in [0.2, 0.25) is 0 Å². The highest BCUT2D eigenvalue weighted by Gasteiger charge is 2.29. The molecule has 3 N–H and O–H groups in total. The molecule has 86 valence electrons. The van der Waals surface area contributed by atoms with E-state index in [0.29, 0.717) is 12.8 Å². The second kappa shape index (κ2) is 4.05. The first-order chi connectivity index (χ1) is 7.58. The van der Waals surface area contributed by atoms with Crippen molar-refractivity contribution in [3.05, 3.63) is 34.1 Å². The van der Waals surface area contributed by atoms with E-state index in [1.54, 1.807) is 0 Å². The van der Waals surface area contributed by atoms with E-state index in [1.807, 2.05) is 0 Å². The quantitative estimate of drug-likeness (QED) is 0.605. The maximum absolute atomic E-state index is 13.4. The Hall–Kier alpha value is -1.69. The van der Waals surface area contributed by atoms with E-state index >= 15 is 0 Å². The van der Waals surface area contributed by atoms with Crippen LogP contribution in [0.5, 0.6) is 0 Å². The first-order valence-corrected chi connectivity index (χ1v) is 5.03. The second-order valence-corrected chi connectivity index (χ2v) is 3.96. The zero-order valence-corrected chi connectivity index (χ0v) is 8.52. The van der Waals surface area contributed by atoms with Crippen LogP contribution in [0.3, 0.4) is 0 Å². The number of nitro groups is 1. The van der Waals surface area contributed by atoms with Crippen molar-refractivity contribution >= 4 is 11.4 Å². The van der Waals surface area contributed by atoms with Crippen LogP contribution in [0, 0.1) is 15.9 Å². The minimum atomic E-state index is -0.602. The van der Waals surface area contributed by atoms with Gasteiger partial charge in [-0.25, -0.2) is 4.39 Å². The first kappa shape index (κ1) is 10.8. The first-order valence-electron chi connectivity index (χ1n) is 5.03. The highest BCUT2D eigenvalue weighted by atomic mass is 19.1. The lowest BCUT2D eigenvalue weighted by Gasteiger charge is -2.33. The van der Waals surface area contributed by atoms with Crippen molar-refractivity contribution in [1.29, 1.82) is 0 Å². The summed E-state index contributed by atoms with van der Waals surface area (Å²) in [5, 5.41) is 13.5. The smallest absolute Gasteiger partial charge is 0.295 e. The van der Waals surface area contributed by atoms with Crippen molar-refractivity contribution < 1.29 is 9.31 Å². The highest BCUT2D eigenvalue weighted by Crippen LogP contribution is 2.31. The third kappa shape index (κ3) is 1.96. The number of hydrogen-bond acceptors (Lipinski definition) is 4. The summed E-state index contributed by atoms with van der Waals surface area (Å²) in [6.45, 7) is 0. The third-order valence-electron chi connectivity index (χ3n) is 2.71. The maximum atomic E-state index is 13.4. The average Bonchev–Trinajstić information content (AvgIpc) is 2.18. The Labute approximate surface area is 91.6 Å². The molecule has 1 aliphatic carbocycles. The van der Waals surface area contributed by atoms with Crippen LogP contribution >= 0.6 is 0 Å². The molecule has 0 saturated heterocycles. The number of anilines is 1. The number of hydrogen-bond donors (Lipinski definition) is 2. The number of nitrogens with one attached hydrogen (secondary N) is 1. The van der Waals surface area contributed by atoms with Crippen LogP contribution in [-0.2, 0) is 0 Å². The zero-order chi connectivity index (χ0) is 11.7. The molecule has 1 aromatic rings. The molecule has 5 nitrogen and oxygen atoms in total. The van der Waals surface area contributed by atoms with E-state index in [9.17, 15) is 14.5 Å². The fraction of sp³-hybridized carbons (Fsp3) is 0.400. The predicted octanol–water partition coefficient (Wildman–Crippen LogP) is 1.64. The predicted molar refractivity (Wildman–Crippen MR) is 57.7 cm³/mol. The molecule has 0 radical (unpaired) electrons. The van der Waals surface area contributed by atoms with Gasteiger partial charge in [-0.2, -0.15) is 0 Å². The molecular formula is C10H12FN3O2. The summed E-state index contributed by atoms with van der Waals surface area (Å²) in [4.78, 5) is 10.1. The Morgan fingerprint density at radius 2 is 2.19 bits per heavy atom. The topological polar surface area (TPSA) is 81.2 Å². The number of nitrogens with two attached hydrogens (primary N) is 1. The van der Waals surface area contributed by atoms with E-state index in [2.05, 4.69) is 5.32 Å². The molecule has 0 heterocycles. The Morgan fingerprint density at radius 3 is 2.75 bits per heavy atom. The van der Waals surface area contributed by atoms with Gasteiger partial charge in [0.15, 0.2) is 5.82 Å². The standard InChI is InChI=1S/C10H12FN3O2/c11-8-2-1-3-9(14(15)16)10(8)13-7-4-6(12)5-7/h1-3,6-7,13H,4-5,12H2. The summed E-state index contributed by atoms with van der Waals surface area (Å²) in [7, 11) is 0. The molecule has 0 bridgehead atoms. The Balaban J connectivity index is 2.21. The molecule has 1 fully saturated rings. The SMILES string of the molecule is NC1CC(Nc2c(F)cccc2[N+](=O)[O-])C1. The van der Waals surface area contributed by atoms with Crippen molar-refractivity contribution in [1.82, 2.24) is 0 Å². The van der Waals surface area contributed by atoms with E-state index in [0.717, 1.165) is 0 Å². The molecule has 0 aromatic heterocycles. The number of rotatable bonds is 3. The molecule has 1 aliphatic rings. The van der Waals surface area contributed by atoms with Crippen molar-refractivity contribution in [3.63, 3.8) is 0 Å². The van der Waals surface area contributed by atoms with Gasteiger partial charge in [0.05, 0.1) is 4.92 Å². The van der Waals surface area contributed by atoms with Gasteiger partial charge in [-0.1, -0.05) is 6.07 Å². The number of nitro benzene ring substituents is 1. The van der Waals surface area contributed by atoms with Gasteiger partial charge in [-0.15, -0.1) is 0 Å². The average molecular weight is 225 g/mol. The molecule has 0 atom stereocenters. The number of nitrogens with zero attached hydrogens (tertiary/aromatic N) is 1. The Kier molecular flexibility index (Phi) is 2.74. The summed E-state index contributed by atoms with van der Waals surface area (Å²) >= 11 is 0. The van der Waals surface area contributed by atoms with Crippen LogP contribution in [-0.4, -0.2) is 17.0 Å². The number of para-hydroxylation sites is 1. The van der Waals surface area contributed by atoms with E-state index in [4.69, 9.17) is 5.73 Å². The van der Waals surface area contributed by atoms with Crippen LogP contribution in [0.4, 0.5) is 15.8 Å². The number of halogens is 1. The summed E-state index contributed by atoms with van der Waals surface area (Å²) < 4.78 is 13.4. The number of benzene rings is 1. The summed E-state index contributed by atoms with van der Waals surface area (Å²) in [6.07, 6.45) is 1.43. The van der Waals surface area contributed by atoms with Crippen LogP contribution < -0.4 is 11.1 Å². The fourth-order valence-corrected chi connectivity index (χ4v) is 1.79. The third-order valence-corrected chi connectivity index (χ3v) is 2.71. The van der Waals surface area contributed by atoms with Gasteiger partial charge in [-0.05, 0) is 18.9 Å². The lowest BCUT2D eigenvalue weighted by Crippen LogP contribution is -2.44. The van der Waals surface area contributed by atoms with Gasteiger partial charge in [0.1, 0.15) is 5.69 Å². The summed E-state index contributed by atoms with van der Waals surface area (Å²) in [5.74, 6) is -0.602. The van der Waals surface area contributed by atoms with Crippen LogP contribution in [0.1, 0.15) is 12.8 Å². The van der Waals surface area contributed by atoms with Crippen molar-refractivity contribution in [2.24, 2.45) is 5.73 Å². The maximum Gasteiger partial charge on any atom is 0.295 e. The molecule has 1 saturated carbocycles. The van der Waals surface area contributed by atoms with Gasteiger partial charge in [-0.3, -0.25) is 10.1 Å². The van der Waals surface area contributed by atoms with E-state index < -0.39 is 10.7 Å². The molecule has 0 aliphatic heterocycles. The molecule has 0 amide bonds. The zero-order valence-electron chi connectivity index (χ0n) is 8.52. The monoisotopic (exact) mass is 225 g/mol.